The van der Waals surface area contributed by atoms with Crippen LogP contribution in [0.5, 0.6) is 0 Å². The maximum Gasteiger partial charge on any atom is 0.177 e. The number of benzene rings is 3. The topological polar surface area (TPSA) is 40.6 Å². The zero-order valence-corrected chi connectivity index (χ0v) is 22.5. The summed E-state index contributed by atoms with van der Waals surface area (Å²) in [7, 11) is 0. The molecule has 4 nitrogen and oxygen atoms in total. The molecule has 0 aliphatic rings. The van der Waals surface area contributed by atoms with Crippen molar-refractivity contribution in [2.24, 2.45) is 0 Å². The minimum Gasteiger partial charge on any atom is -0.295 e. The fraction of sp³-hybridized carbons (Fsp3) is 0.294. The highest BCUT2D eigenvalue weighted by Crippen LogP contribution is 2.29. The molecule has 4 heteroatoms. The van der Waals surface area contributed by atoms with Crippen molar-refractivity contribution in [1.82, 2.24) is 9.80 Å². The maximum absolute atomic E-state index is 13.5. The predicted octanol–water partition coefficient (Wildman–Crippen LogP) is 7.27. The van der Waals surface area contributed by atoms with Crippen LogP contribution in [0.15, 0.2) is 99.2 Å². The van der Waals surface area contributed by atoms with Crippen LogP contribution in [-0.2, 0) is 0 Å². The number of hydrogen-bond donors (Lipinski definition) is 0. The first kappa shape index (κ1) is 29.0. The Morgan fingerprint density at radius 2 is 0.947 bits per heavy atom. The second-order valence-electron chi connectivity index (χ2n) is 9.61. The van der Waals surface area contributed by atoms with E-state index in [9.17, 15) is 9.59 Å². The monoisotopic (exact) mass is 508 g/mol. The van der Waals surface area contributed by atoms with Crippen LogP contribution >= 0.6 is 0 Å². The Hall–Kier alpha value is -3.60. The highest BCUT2D eigenvalue weighted by atomic mass is 16.1. The molecular weight excluding hydrogens is 468 g/mol. The van der Waals surface area contributed by atoms with Gasteiger partial charge in [0.25, 0.3) is 0 Å². The van der Waals surface area contributed by atoms with E-state index in [0.29, 0.717) is 24.2 Å². The first-order valence-electron chi connectivity index (χ1n) is 13.4. The van der Waals surface area contributed by atoms with Gasteiger partial charge in [-0.05, 0) is 59.4 Å². The van der Waals surface area contributed by atoms with Gasteiger partial charge in [-0.15, -0.1) is 26.3 Å². The van der Waals surface area contributed by atoms with E-state index in [-0.39, 0.29) is 11.6 Å². The van der Waals surface area contributed by atoms with E-state index in [0.717, 1.165) is 73.4 Å². The van der Waals surface area contributed by atoms with Crippen molar-refractivity contribution >= 4 is 33.1 Å². The van der Waals surface area contributed by atoms with E-state index in [1.165, 1.54) is 0 Å². The summed E-state index contributed by atoms with van der Waals surface area (Å²) in [6.07, 6.45) is 10.8. The lowest BCUT2D eigenvalue weighted by Crippen LogP contribution is -2.31. The largest absolute Gasteiger partial charge is 0.295 e. The van der Waals surface area contributed by atoms with Crippen molar-refractivity contribution < 1.29 is 9.59 Å². The third-order valence-corrected chi connectivity index (χ3v) is 6.81. The molecule has 38 heavy (non-hydrogen) atoms. The van der Waals surface area contributed by atoms with Crippen molar-refractivity contribution in [3.05, 3.63) is 110 Å². The quantitative estimate of drug-likeness (QED) is 0.103. The first-order valence-corrected chi connectivity index (χ1v) is 13.4. The van der Waals surface area contributed by atoms with E-state index in [4.69, 9.17) is 0 Å². The molecule has 0 N–H and O–H groups in total. The minimum absolute atomic E-state index is 0.0758. The smallest absolute Gasteiger partial charge is 0.177 e. The van der Waals surface area contributed by atoms with Gasteiger partial charge in [0.15, 0.2) is 11.6 Å². The molecule has 0 saturated heterocycles. The molecule has 3 aromatic carbocycles. The summed E-state index contributed by atoms with van der Waals surface area (Å²) < 4.78 is 0. The Labute approximate surface area is 227 Å². The van der Waals surface area contributed by atoms with Gasteiger partial charge in [-0.25, -0.2) is 0 Å². The second kappa shape index (κ2) is 15.0. The number of carbonyl (C=O) groups is 2. The van der Waals surface area contributed by atoms with E-state index in [1.54, 1.807) is 0 Å². The molecule has 0 aliphatic heterocycles. The zero-order valence-electron chi connectivity index (χ0n) is 22.5. The second-order valence-corrected chi connectivity index (χ2v) is 9.61. The molecule has 3 rings (SSSR count). The third-order valence-electron chi connectivity index (χ3n) is 6.81. The highest BCUT2D eigenvalue weighted by Gasteiger charge is 2.18. The van der Waals surface area contributed by atoms with Crippen LogP contribution in [0.4, 0.5) is 0 Å². The number of carbonyl (C=O) groups excluding carboxylic acids is 2. The van der Waals surface area contributed by atoms with Gasteiger partial charge in [-0.3, -0.25) is 19.4 Å². The average molecular weight is 509 g/mol. The number of nitrogens with zero attached hydrogens (tertiary/aromatic N) is 2. The minimum atomic E-state index is 0.0758. The maximum atomic E-state index is 13.5. The van der Waals surface area contributed by atoms with Gasteiger partial charge in [0, 0.05) is 37.3 Å². The summed E-state index contributed by atoms with van der Waals surface area (Å²) in [6, 6.07) is 15.8. The predicted molar refractivity (Wildman–Crippen MR) is 162 cm³/mol. The number of fused-ring (bicyclic) bond motifs is 2. The Kier molecular flexibility index (Phi) is 11.4. The number of hydrogen-bond acceptors (Lipinski definition) is 4. The van der Waals surface area contributed by atoms with Crippen LogP contribution in [0.2, 0.25) is 0 Å². The summed E-state index contributed by atoms with van der Waals surface area (Å²) in [5, 5.41) is 3.76. The number of ketones is 2. The molecule has 0 aliphatic carbocycles. The Bertz CT molecular complexity index is 1190. The molecule has 0 saturated carbocycles. The molecular formula is C34H40N2O2. The lowest BCUT2D eigenvalue weighted by molar-refractivity contribution is 0.0927. The number of Topliss-reactive ketones (excluding diaryl/α,β-unsaturated/α-hetero) is 2. The first-order chi connectivity index (χ1) is 18.5. The fourth-order valence-electron chi connectivity index (χ4n) is 4.75. The standard InChI is InChI=1S/C34H40N2O2/c1-5-9-19-35(20-10-6-2)25-33(37)29-17-13-15-27-23-28-16-14-18-30(32(28)24-31(27)29)34(38)26-36(21-11-7-3)22-12-8-4/h5-8,13-18,23-24H,1-4,9-12,19-22,25-26H2. The van der Waals surface area contributed by atoms with Crippen molar-refractivity contribution in [3.8, 4) is 0 Å². The van der Waals surface area contributed by atoms with Crippen LogP contribution < -0.4 is 0 Å². The van der Waals surface area contributed by atoms with Crippen LogP contribution in [0, 0.1) is 0 Å². The molecule has 3 aromatic rings. The summed E-state index contributed by atoms with van der Waals surface area (Å²) in [6.45, 7) is 19.1. The lowest BCUT2D eigenvalue weighted by atomic mass is 9.94. The van der Waals surface area contributed by atoms with Crippen molar-refractivity contribution in [2.75, 3.05) is 39.3 Å². The van der Waals surface area contributed by atoms with Gasteiger partial charge in [0.1, 0.15) is 0 Å². The van der Waals surface area contributed by atoms with Gasteiger partial charge < -0.3 is 0 Å². The summed E-state index contributed by atoms with van der Waals surface area (Å²) >= 11 is 0. The molecule has 0 unspecified atom stereocenters. The van der Waals surface area contributed by atoms with Crippen molar-refractivity contribution in [2.45, 2.75) is 25.7 Å². The summed E-state index contributed by atoms with van der Waals surface area (Å²) in [5.74, 6) is 0.152. The summed E-state index contributed by atoms with van der Waals surface area (Å²) in [4.78, 5) is 31.3. The van der Waals surface area contributed by atoms with E-state index < -0.39 is 0 Å². The van der Waals surface area contributed by atoms with Crippen molar-refractivity contribution in [3.63, 3.8) is 0 Å². The van der Waals surface area contributed by atoms with Crippen molar-refractivity contribution in [1.29, 1.82) is 0 Å². The van der Waals surface area contributed by atoms with E-state index >= 15 is 0 Å². The number of rotatable bonds is 18. The molecule has 0 fully saturated rings. The Morgan fingerprint density at radius 3 is 1.29 bits per heavy atom. The van der Waals surface area contributed by atoms with Gasteiger partial charge in [-0.2, -0.15) is 0 Å². The lowest BCUT2D eigenvalue weighted by Gasteiger charge is -2.21. The van der Waals surface area contributed by atoms with Crippen LogP contribution in [0.25, 0.3) is 21.5 Å². The van der Waals surface area contributed by atoms with E-state index in [1.807, 2.05) is 66.8 Å². The summed E-state index contributed by atoms with van der Waals surface area (Å²) in [5.41, 5.74) is 1.37. The fourth-order valence-corrected chi connectivity index (χ4v) is 4.75. The average Bonchev–Trinajstić information content (AvgIpc) is 2.93. The zero-order chi connectivity index (χ0) is 27.3. The molecule has 0 radical (unpaired) electrons. The molecule has 0 heterocycles. The highest BCUT2D eigenvalue weighted by molar-refractivity contribution is 6.16. The Balaban J connectivity index is 1.96. The Morgan fingerprint density at radius 1 is 0.579 bits per heavy atom. The normalized spacial score (nSPS) is 11.2. The van der Waals surface area contributed by atoms with Crippen LogP contribution in [-0.4, -0.2) is 60.6 Å². The third kappa shape index (κ3) is 7.70. The molecule has 198 valence electrons. The van der Waals surface area contributed by atoms with E-state index in [2.05, 4.69) is 42.2 Å². The molecule has 0 bridgehead atoms. The van der Waals surface area contributed by atoms with Gasteiger partial charge >= 0.3 is 0 Å². The molecule has 0 atom stereocenters. The van der Waals surface area contributed by atoms with Gasteiger partial charge in [-0.1, -0.05) is 60.7 Å². The molecule has 0 amide bonds. The molecule has 0 spiro atoms. The SMILES string of the molecule is C=CCCN(CCC=C)CC(=O)c1cccc2cc3cccc(C(=O)CN(CCC=C)CCC=C)c3cc12. The molecule has 0 aromatic heterocycles. The van der Waals surface area contributed by atoms with Gasteiger partial charge in [0.2, 0.25) is 0 Å². The van der Waals surface area contributed by atoms with Crippen LogP contribution in [0.3, 0.4) is 0 Å². The van der Waals surface area contributed by atoms with Gasteiger partial charge in [0.05, 0.1) is 13.1 Å². The van der Waals surface area contributed by atoms with Crippen LogP contribution in [0.1, 0.15) is 46.4 Å².